The average molecular weight is 419 g/mol. The summed E-state index contributed by atoms with van der Waals surface area (Å²) in [6, 6.07) is 6.00. The maximum Gasteiger partial charge on any atom is 0.190 e. The van der Waals surface area contributed by atoms with Gasteiger partial charge in [-0.3, -0.25) is 9.98 Å². The van der Waals surface area contributed by atoms with Crippen LogP contribution in [0.5, 0.6) is 0 Å². The Morgan fingerprint density at radius 3 is 2.50 bits per heavy atom. The van der Waals surface area contributed by atoms with Crippen LogP contribution >= 0.6 is 24.0 Å². The van der Waals surface area contributed by atoms with Crippen LogP contribution < -0.4 is 10.6 Å². The first-order chi connectivity index (χ1) is 10.3. The van der Waals surface area contributed by atoms with Crippen molar-refractivity contribution in [3.05, 3.63) is 30.1 Å². The molecule has 0 fully saturated rings. The van der Waals surface area contributed by atoms with E-state index in [0.717, 1.165) is 57.2 Å². The Kier molecular flexibility index (Phi) is 13.2. The number of hydrogen-bond acceptors (Lipinski definition) is 3. The molecule has 0 atom stereocenters. The summed E-state index contributed by atoms with van der Waals surface area (Å²) in [5.41, 5.74) is 1.10. The molecule has 0 amide bonds. The zero-order valence-electron chi connectivity index (χ0n) is 14.0. The van der Waals surface area contributed by atoms with Crippen LogP contribution in [-0.2, 0) is 6.42 Å². The molecular formula is C16H30IN5. The minimum Gasteiger partial charge on any atom is -0.356 e. The summed E-state index contributed by atoms with van der Waals surface area (Å²) in [6.45, 7) is 9.56. The molecule has 0 bridgehead atoms. The van der Waals surface area contributed by atoms with Gasteiger partial charge in [-0.15, -0.1) is 24.0 Å². The van der Waals surface area contributed by atoms with Crippen molar-refractivity contribution < 1.29 is 0 Å². The van der Waals surface area contributed by atoms with Crippen molar-refractivity contribution >= 4 is 29.9 Å². The third kappa shape index (κ3) is 9.19. The van der Waals surface area contributed by atoms with E-state index in [-0.39, 0.29) is 24.0 Å². The Hall–Kier alpha value is -0.890. The Morgan fingerprint density at radius 2 is 1.91 bits per heavy atom. The molecule has 0 spiro atoms. The summed E-state index contributed by atoms with van der Waals surface area (Å²) in [6.07, 6.45) is 3.86. The summed E-state index contributed by atoms with van der Waals surface area (Å²) < 4.78 is 0. The molecule has 1 aromatic rings. The van der Waals surface area contributed by atoms with E-state index in [9.17, 15) is 0 Å². The molecule has 5 nitrogen and oxygen atoms in total. The van der Waals surface area contributed by atoms with Gasteiger partial charge in [-0.1, -0.05) is 19.9 Å². The third-order valence-electron chi connectivity index (χ3n) is 3.46. The third-order valence-corrected chi connectivity index (χ3v) is 3.46. The van der Waals surface area contributed by atoms with Crippen LogP contribution in [-0.4, -0.2) is 55.6 Å². The molecule has 0 aromatic carbocycles. The predicted molar refractivity (Wildman–Crippen MR) is 105 cm³/mol. The van der Waals surface area contributed by atoms with Gasteiger partial charge >= 0.3 is 0 Å². The zero-order valence-corrected chi connectivity index (χ0v) is 16.3. The van der Waals surface area contributed by atoms with E-state index in [0.29, 0.717) is 0 Å². The quantitative estimate of drug-likeness (QED) is 0.279. The lowest BCUT2D eigenvalue weighted by Crippen LogP contribution is -2.39. The largest absolute Gasteiger partial charge is 0.356 e. The fourth-order valence-electron chi connectivity index (χ4n) is 2.12. The maximum absolute atomic E-state index is 4.31. The first-order valence-electron chi connectivity index (χ1n) is 7.86. The number of nitrogens with zero attached hydrogens (tertiary/aromatic N) is 3. The van der Waals surface area contributed by atoms with Crippen LogP contribution in [0.3, 0.4) is 0 Å². The van der Waals surface area contributed by atoms with Gasteiger partial charge in [0.15, 0.2) is 5.96 Å². The van der Waals surface area contributed by atoms with E-state index in [2.05, 4.69) is 39.4 Å². The topological polar surface area (TPSA) is 52.5 Å². The molecule has 2 N–H and O–H groups in total. The molecule has 0 aliphatic carbocycles. The Morgan fingerprint density at radius 1 is 1.18 bits per heavy atom. The van der Waals surface area contributed by atoms with E-state index in [1.165, 1.54) is 0 Å². The van der Waals surface area contributed by atoms with Crippen molar-refractivity contribution in [2.45, 2.75) is 26.7 Å². The number of aliphatic imine (C=N–C) groups is 1. The van der Waals surface area contributed by atoms with Crippen LogP contribution in [0.4, 0.5) is 0 Å². The normalized spacial score (nSPS) is 11.2. The molecule has 0 aliphatic heterocycles. The van der Waals surface area contributed by atoms with Crippen molar-refractivity contribution in [1.82, 2.24) is 20.5 Å². The first kappa shape index (κ1) is 21.1. The first-order valence-corrected chi connectivity index (χ1v) is 7.86. The van der Waals surface area contributed by atoms with Gasteiger partial charge in [-0.25, -0.2) is 0 Å². The number of aromatic nitrogens is 1. The van der Waals surface area contributed by atoms with Gasteiger partial charge < -0.3 is 15.5 Å². The van der Waals surface area contributed by atoms with Crippen LogP contribution in [0.25, 0.3) is 0 Å². The average Bonchev–Trinajstić information content (AvgIpc) is 2.54. The lowest BCUT2D eigenvalue weighted by Gasteiger charge is -2.18. The summed E-state index contributed by atoms with van der Waals surface area (Å²) >= 11 is 0. The summed E-state index contributed by atoms with van der Waals surface area (Å²) in [5.74, 6) is 0.866. The van der Waals surface area contributed by atoms with E-state index in [4.69, 9.17) is 0 Å². The van der Waals surface area contributed by atoms with E-state index in [1.807, 2.05) is 24.4 Å². The standard InChI is InChI=1S/C16H29N5.HI/c1-4-21(5-2)14-8-12-19-16(17-3)20-13-10-15-9-6-7-11-18-15;/h6-7,9,11H,4-5,8,10,12-14H2,1-3H3,(H2,17,19,20);1H. The van der Waals surface area contributed by atoms with Gasteiger partial charge in [0.05, 0.1) is 0 Å². The van der Waals surface area contributed by atoms with Crippen LogP contribution in [0.2, 0.25) is 0 Å². The van der Waals surface area contributed by atoms with Gasteiger partial charge in [0.2, 0.25) is 0 Å². The highest BCUT2D eigenvalue weighted by atomic mass is 127. The van der Waals surface area contributed by atoms with Crippen molar-refractivity contribution in [1.29, 1.82) is 0 Å². The van der Waals surface area contributed by atoms with Gasteiger partial charge in [0, 0.05) is 38.4 Å². The molecular weight excluding hydrogens is 389 g/mol. The fourth-order valence-corrected chi connectivity index (χ4v) is 2.12. The molecule has 0 saturated heterocycles. The SMILES string of the molecule is CCN(CC)CCCNC(=NC)NCCc1ccccn1.I. The second-order valence-electron chi connectivity index (χ2n) is 4.88. The molecule has 1 rings (SSSR count). The van der Waals surface area contributed by atoms with Gasteiger partial charge in [-0.2, -0.15) is 0 Å². The number of nitrogens with one attached hydrogen (secondary N) is 2. The molecule has 0 saturated carbocycles. The maximum atomic E-state index is 4.31. The number of rotatable bonds is 9. The number of guanidine groups is 1. The van der Waals surface area contributed by atoms with Gasteiger partial charge in [-0.05, 0) is 38.2 Å². The summed E-state index contributed by atoms with van der Waals surface area (Å²) in [4.78, 5) is 11.0. The lowest BCUT2D eigenvalue weighted by molar-refractivity contribution is 0.300. The van der Waals surface area contributed by atoms with E-state index in [1.54, 1.807) is 7.05 Å². The number of hydrogen-bond donors (Lipinski definition) is 2. The molecule has 0 radical (unpaired) electrons. The van der Waals surface area contributed by atoms with Crippen molar-refractivity contribution in [3.63, 3.8) is 0 Å². The second-order valence-corrected chi connectivity index (χ2v) is 4.88. The van der Waals surface area contributed by atoms with Gasteiger partial charge in [0.1, 0.15) is 0 Å². The Labute approximate surface area is 152 Å². The van der Waals surface area contributed by atoms with Crippen molar-refractivity contribution in [3.8, 4) is 0 Å². The molecule has 126 valence electrons. The monoisotopic (exact) mass is 419 g/mol. The van der Waals surface area contributed by atoms with Gasteiger partial charge in [0.25, 0.3) is 0 Å². The van der Waals surface area contributed by atoms with E-state index >= 15 is 0 Å². The highest BCUT2D eigenvalue weighted by Crippen LogP contribution is 1.93. The van der Waals surface area contributed by atoms with Crippen LogP contribution in [0.15, 0.2) is 29.4 Å². The minimum absolute atomic E-state index is 0. The van der Waals surface area contributed by atoms with Crippen LogP contribution in [0.1, 0.15) is 26.0 Å². The highest BCUT2D eigenvalue weighted by molar-refractivity contribution is 14.0. The molecule has 0 aliphatic rings. The lowest BCUT2D eigenvalue weighted by atomic mass is 10.3. The predicted octanol–water partition coefficient (Wildman–Crippen LogP) is 2.14. The zero-order chi connectivity index (χ0) is 15.3. The smallest absolute Gasteiger partial charge is 0.190 e. The molecule has 1 aromatic heterocycles. The highest BCUT2D eigenvalue weighted by Gasteiger charge is 2.00. The molecule has 6 heteroatoms. The van der Waals surface area contributed by atoms with Crippen molar-refractivity contribution in [2.24, 2.45) is 4.99 Å². The second kappa shape index (κ2) is 13.8. The number of halogens is 1. The minimum atomic E-state index is 0. The summed E-state index contributed by atoms with van der Waals surface area (Å²) in [5, 5.41) is 6.67. The Balaban J connectivity index is 0.00000441. The molecule has 1 heterocycles. The number of pyridine rings is 1. The Bertz CT molecular complexity index is 393. The molecule has 0 unspecified atom stereocenters. The van der Waals surface area contributed by atoms with Crippen LogP contribution in [0, 0.1) is 0 Å². The summed E-state index contributed by atoms with van der Waals surface area (Å²) in [7, 11) is 1.81. The van der Waals surface area contributed by atoms with Crippen molar-refractivity contribution in [2.75, 3.05) is 39.8 Å². The fraction of sp³-hybridized carbons (Fsp3) is 0.625. The van der Waals surface area contributed by atoms with E-state index < -0.39 is 0 Å². The molecule has 22 heavy (non-hydrogen) atoms.